The van der Waals surface area contributed by atoms with Gasteiger partial charge in [-0.05, 0) is 30.9 Å². The average Bonchev–Trinajstić information content (AvgIpc) is 2.89. The summed E-state index contributed by atoms with van der Waals surface area (Å²) in [5.41, 5.74) is 0.00195. The standard InChI is InChI=1S/C18H23FN2O3/c1-24-13-6-4-5-12(17(13)19)8-9-15(22)21-18-10-3-2-7-14(18)20-16(23)11-18/h4-6,14H,2-3,7-11H2,1H3,(H,20,23)(H,21,22)/t14-,18+/m0/s1. The predicted molar refractivity (Wildman–Crippen MR) is 87.2 cm³/mol. The van der Waals surface area contributed by atoms with Gasteiger partial charge in [0.1, 0.15) is 0 Å². The molecule has 1 aliphatic heterocycles. The van der Waals surface area contributed by atoms with Gasteiger partial charge in [0.2, 0.25) is 11.8 Å². The number of fused-ring (bicyclic) bond motifs is 1. The quantitative estimate of drug-likeness (QED) is 0.866. The zero-order valence-electron chi connectivity index (χ0n) is 13.9. The number of ether oxygens (including phenoxy) is 1. The van der Waals surface area contributed by atoms with E-state index < -0.39 is 11.4 Å². The number of aryl methyl sites for hydroxylation is 1. The van der Waals surface area contributed by atoms with Crippen LogP contribution in [0.1, 0.15) is 44.1 Å². The summed E-state index contributed by atoms with van der Waals surface area (Å²) < 4.78 is 19.1. The molecule has 0 unspecified atom stereocenters. The van der Waals surface area contributed by atoms with Crippen molar-refractivity contribution >= 4 is 11.8 Å². The van der Waals surface area contributed by atoms with E-state index in [1.807, 2.05) is 0 Å². The van der Waals surface area contributed by atoms with E-state index in [9.17, 15) is 14.0 Å². The molecule has 24 heavy (non-hydrogen) atoms. The Labute approximate surface area is 141 Å². The van der Waals surface area contributed by atoms with E-state index in [1.165, 1.54) is 7.11 Å². The molecule has 2 N–H and O–H groups in total. The molecule has 5 nitrogen and oxygen atoms in total. The lowest BCUT2D eigenvalue weighted by atomic mass is 9.77. The van der Waals surface area contributed by atoms with Crippen LogP contribution < -0.4 is 15.4 Å². The van der Waals surface area contributed by atoms with E-state index in [4.69, 9.17) is 4.74 Å². The Hall–Kier alpha value is -2.11. The fourth-order valence-electron chi connectivity index (χ4n) is 3.88. The van der Waals surface area contributed by atoms with Crippen LogP contribution in [0.25, 0.3) is 0 Å². The number of amides is 2. The highest BCUT2D eigenvalue weighted by atomic mass is 19.1. The van der Waals surface area contributed by atoms with Gasteiger partial charge in [0.15, 0.2) is 11.6 Å². The van der Waals surface area contributed by atoms with E-state index in [0.29, 0.717) is 18.4 Å². The third-order valence-corrected chi connectivity index (χ3v) is 5.12. The second-order valence-electron chi connectivity index (χ2n) is 6.68. The van der Waals surface area contributed by atoms with Crippen LogP contribution in [-0.4, -0.2) is 30.5 Å². The first-order valence-corrected chi connectivity index (χ1v) is 8.46. The summed E-state index contributed by atoms with van der Waals surface area (Å²) in [6.45, 7) is 0. The highest BCUT2D eigenvalue weighted by molar-refractivity contribution is 5.84. The number of hydrogen-bond acceptors (Lipinski definition) is 3. The molecule has 130 valence electrons. The summed E-state index contributed by atoms with van der Waals surface area (Å²) in [4.78, 5) is 24.2. The van der Waals surface area contributed by atoms with E-state index in [0.717, 1.165) is 25.7 Å². The Balaban J connectivity index is 1.63. The Kier molecular flexibility index (Phi) is 4.73. The lowest BCUT2D eigenvalue weighted by molar-refractivity contribution is -0.123. The number of hydrogen-bond donors (Lipinski definition) is 2. The van der Waals surface area contributed by atoms with E-state index in [-0.39, 0.29) is 30.0 Å². The van der Waals surface area contributed by atoms with Crippen molar-refractivity contribution in [1.82, 2.24) is 10.6 Å². The lowest BCUT2D eigenvalue weighted by Gasteiger charge is -2.38. The lowest BCUT2D eigenvalue weighted by Crippen LogP contribution is -2.57. The van der Waals surface area contributed by atoms with Crippen LogP contribution in [0.3, 0.4) is 0 Å². The third-order valence-electron chi connectivity index (χ3n) is 5.12. The van der Waals surface area contributed by atoms with Crippen LogP contribution >= 0.6 is 0 Å². The second kappa shape index (κ2) is 6.79. The predicted octanol–water partition coefficient (Wildman–Crippen LogP) is 2.08. The molecule has 1 aromatic carbocycles. The van der Waals surface area contributed by atoms with Crippen LogP contribution in [0.4, 0.5) is 4.39 Å². The summed E-state index contributed by atoms with van der Waals surface area (Å²) in [6.07, 6.45) is 4.63. The highest BCUT2D eigenvalue weighted by Gasteiger charge is 2.48. The molecule has 0 aromatic heterocycles. The van der Waals surface area contributed by atoms with Crippen molar-refractivity contribution in [3.8, 4) is 5.75 Å². The zero-order chi connectivity index (χ0) is 17.2. The molecule has 0 radical (unpaired) electrons. The zero-order valence-corrected chi connectivity index (χ0v) is 13.9. The Morgan fingerprint density at radius 2 is 2.29 bits per heavy atom. The van der Waals surface area contributed by atoms with Gasteiger partial charge >= 0.3 is 0 Å². The molecular formula is C18H23FN2O3. The van der Waals surface area contributed by atoms with E-state index in [1.54, 1.807) is 18.2 Å². The smallest absolute Gasteiger partial charge is 0.222 e. The fraction of sp³-hybridized carbons (Fsp3) is 0.556. The van der Waals surface area contributed by atoms with Crippen molar-refractivity contribution in [3.63, 3.8) is 0 Å². The number of benzene rings is 1. The number of carbonyl (C=O) groups is 2. The van der Waals surface area contributed by atoms with Gasteiger partial charge in [0.25, 0.3) is 0 Å². The molecule has 1 saturated heterocycles. The van der Waals surface area contributed by atoms with Gasteiger partial charge < -0.3 is 15.4 Å². The monoisotopic (exact) mass is 334 g/mol. The Bertz CT molecular complexity index is 649. The van der Waals surface area contributed by atoms with Gasteiger partial charge in [-0.3, -0.25) is 9.59 Å². The van der Waals surface area contributed by atoms with Gasteiger partial charge in [-0.2, -0.15) is 0 Å². The van der Waals surface area contributed by atoms with Crippen LogP contribution in [0, 0.1) is 5.82 Å². The van der Waals surface area contributed by atoms with Gasteiger partial charge in [-0.15, -0.1) is 0 Å². The first kappa shape index (κ1) is 16.7. The maximum atomic E-state index is 14.1. The SMILES string of the molecule is COc1cccc(CCC(=O)N[C@@]23CCCC[C@@H]2NC(=O)C3)c1F. The topological polar surface area (TPSA) is 67.4 Å². The maximum absolute atomic E-state index is 14.1. The minimum Gasteiger partial charge on any atom is -0.494 e. The van der Waals surface area contributed by atoms with Gasteiger partial charge in [-0.25, -0.2) is 4.39 Å². The van der Waals surface area contributed by atoms with Crippen molar-refractivity contribution in [2.75, 3.05) is 7.11 Å². The van der Waals surface area contributed by atoms with Crippen molar-refractivity contribution in [2.24, 2.45) is 0 Å². The molecule has 1 saturated carbocycles. The van der Waals surface area contributed by atoms with Crippen molar-refractivity contribution < 1.29 is 18.7 Å². The molecule has 0 bridgehead atoms. The van der Waals surface area contributed by atoms with Gasteiger partial charge in [0, 0.05) is 6.42 Å². The van der Waals surface area contributed by atoms with Crippen LogP contribution in [-0.2, 0) is 16.0 Å². The van der Waals surface area contributed by atoms with Crippen LogP contribution in [0.5, 0.6) is 5.75 Å². The second-order valence-corrected chi connectivity index (χ2v) is 6.68. The molecule has 2 amide bonds. The number of halogens is 1. The summed E-state index contributed by atoms with van der Waals surface area (Å²) >= 11 is 0. The fourth-order valence-corrected chi connectivity index (χ4v) is 3.88. The molecule has 0 spiro atoms. The average molecular weight is 334 g/mol. The van der Waals surface area contributed by atoms with E-state index >= 15 is 0 Å². The normalized spacial score (nSPS) is 25.8. The first-order chi connectivity index (χ1) is 11.5. The molecular weight excluding hydrogens is 311 g/mol. The van der Waals surface area contributed by atoms with Crippen molar-refractivity contribution in [3.05, 3.63) is 29.6 Å². The summed E-state index contributed by atoms with van der Waals surface area (Å²) in [6, 6.07) is 4.95. The molecule has 3 rings (SSSR count). The molecule has 1 aliphatic carbocycles. The molecule has 1 aromatic rings. The number of nitrogens with one attached hydrogen (secondary N) is 2. The minimum atomic E-state index is -0.459. The highest BCUT2D eigenvalue weighted by Crippen LogP contribution is 2.35. The third kappa shape index (κ3) is 3.23. The molecule has 2 aliphatic rings. The first-order valence-electron chi connectivity index (χ1n) is 8.46. The number of carbonyl (C=O) groups excluding carboxylic acids is 2. The minimum absolute atomic E-state index is 0.000963. The van der Waals surface area contributed by atoms with Crippen molar-refractivity contribution in [1.29, 1.82) is 0 Å². The molecule has 6 heteroatoms. The summed E-state index contributed by atoms with van der Waals surface area (Å²) in [7, 11) is 1.42. The summed E-state index contributed by atoms with van der Waals surface area (Å²) in [5, 5.41) is 6.04. The molecule has 2 atom stereocenters. The van der Waals surface area contributed by atoms with Gasteiger partial charge in [0.05, 0.1) is 25.1 Å². The number of methoxy groups -OCH3 is 1. The molecule has 1 heterocycles. The maximum Gasteiger partial charge on any atom is 0.222 e. The Morgan fingerprint density at radius 3 is 3.08 bits per heavy atom. The molecule has 2 fully saturated rings. The Morgan fingerprint density at radius 1 is 1.46 bits per heavy atom. The number of rotatable bonds is 5. The van der Waals surface area contributed by atoms with Crippen molar-refractivity contribution in [2.45, 2.75) is 56.5 Å². The van der Waals surface area contributed by atoms with Gasteiger partial charge in [-0.1, -0.05) is 25.0 Å². The van der Waals surface area contributed by atoms with Crippen LogP contribution in [0.2, 0.25) is 0 Å². The summed E-state index contributed by atoms with van der Waals surface area (Å²) in [5.74, 6) is -0.370. The largest absolute Gasteiger partial charge is 0.494 e. The van der Waals surface area contributed by atoms with Crippen LogP contribution in [0.15, 0.2) is 18.2 Å². The van der Waals surface area contributed by atoms with E-state index in [2.05, 4.69) is 10.6 Å².